The molecule has 23 heavy (non-hydrogen) atoms. The number of nitrogens with one attached hydrogen (secondary N) is 1. The van der Waals surface area contributed by atoms with Gasteiger partial charge in [0.15, 0.2) is 11.5 Å². The number of esters is 1. The zero-order valence-corrected chi connectivity index (χ0v) is 13.9. The predicted molar refractivity (Wildman–Crippen MR) is 84.2 cm³/mol. The van der Waals surface area contributed by atoms with E-state index in [2.05, 4.69) is 4.74 Å². The van der Waals surface area contributed by atoms with Crippen LogP contribution in [0.2, 0.25) is 0 Å². The molecule has 0 aliphatic carbocycles. The van der Waals surface area contributed by atoms with Crippen molar-refractivity contribution in [3.05, 3.63) is 23.8 Å². The second-order valence-electron chi connectivity index (χ2n) is 5.10. The third-order valence-corrected chi connectivity index (χ3v) is 3.51. The molecule has 0 amide bonds. The first-order valence-electron chi connectivity index (χ1n) is 7.57. The highest BCUT2D eigenvalue weighted by molar-refractivity contribution is 5.90. The van der Waals surface area contributed by atoms with Crippen LogP contribution >= 0.6 is 0 Å². The van der Waals surface area contributed by atoms with Crippen LogP contribution in [-0.4, -0.2) is 69.4 Å². The van der Waals surface area contributed by atoms with Crippen molar-refractivity contribution >= 4 is 5.97 Å². The SMILES string of the molecule is CC[NH+](CCO)C[C@H](O)COc1ccc(C(=O)OC)cc1OC. The Hall–Kier alpha value is -1.83. The lowest BCUT2D eigenvalue weighted by Gasteiger charge is -2.20. The van der Waals surface area contributed by atoms with Crippen molar-refractivity contribution in [3.63, 3.8) is 0 Å². The Morgan fingerprint density at radius 1 is 1.30 bits per heavy atom. The van der Waals surface area contributed by atoms with Crippen LogP contribution in [0.3, 0.4) is 0 Å². The molecule has 3 N–H and O–H groups in total. The number of hydrogen-bond acceptors (Lipinski definition) is 6. The van der Waals surface area contributed by atoms with Crippen molar-refractivity contribution in [2.75, 3.05) is 47.1 Å². The number of methoxy groups -OCH3 is 2. The van der Waals surface area contributed by atoms with Crippen molar-refractivity contribution < 1.29 is 34.1 Å². The Morgan fingerprint density at radius 3 is 2.61 bits per heavy atom. The second kappa shape index (κ2) is 10.0. The van der Waals surface area contributed by atoms with E-state index in [9.17, 15) is 9.90 Å². The Morgan fingerprint density at radius 2 is 2.04 bits per heavy atom. The Bertz CT molecular complexity index is 493. The minimum absolute atomic E-state index is 0.0829. The zero-order valence-electron chi connectivity index (χ0n) is 13.9. The molecule has 0 heterocycles. The molecule has 0 bridgehead atoms. The van der Waals surface area contributed by atoms with Crippen LogP contribution in [0.4, 0.5) is 0 Å². The number of aliphatic hydroxyl groups excluding tert-OH is 2. The van der Waals surface area contributed by atoms with Gasteiger partial charge in [-0.1, -0.05) is 0 Å². The monoisotopic (exact) mass is 328 g/mol. The molecule has 2 atom stereocenters. The first kappa shape index (κ1) is 19.2. The van der Waals surface area contributed by atoms with Gasteiger partial charge in [-0.3, -0.25) is 0 Å². The lowest BCUT2D eigenvalue weighted by atomic mass is 10.2. The number of benzene rings is 1. The molecule has 0 radical (unpaired) electrons. The number of aliphatic hydroxyl groups is 2. The molecule has 0 saturated carbocycles. The summed E-state index contributed by atoms with van der Waals surface area (Å²) in [6.45, 7) is 4.06. The van der Waals surface area contributed by atoms with E-state index in [-0.39, 0.29) is 13.2 Å². The molecule has 7 nitrogen and oxygen atoms in total. The summed E-state index contributed by atoms with van der Waals surface area (Å²) in [6.07, 6.45) is -0.665. The second-order valence-corrected chi connectivity index (χ2v) is 5.10. The van der Waals surface area contributed by atoms with E-state index in [1.54, 1.807) is 12.1 Å². The molecule has 1 aromatic rings. The maximum absolute atomic E-state index is 11.5. The van der Waals surface area contributed by atoms with Gasteiger partial charge in [-0.05, 0) is 25.1 Å². The van der Waals surface area contributed by atoms with Gasteiger partial charge in [-0.15, -0.1) is 0 Å². The fraction of sp³-hybridized carbons (Fsp3) is 0.562. The average molecular weight is 328 g/mol. The molecule has 0 aliphatic heterocycles. The molecule has 0 fully saturated rings. The highest BCUT2D eigenvalue weighted by Crippen LogP contribution is 2.28. The van der Waals surface area contributed by atoms with Crippen LogP contribution in [0, 0.1) is 0 Å². The summed E-state index contributed by atoms with van der Waals surface area (Å²) in [7, 11) is 2.79. The topological polar surface area (TPSA) is 89.7 Å². The van der Waals surface area contributed by atoms with Gasteiger partial charge in [-0.2, -0.15) is 0 Å². The summed E-state index contributed by atoms with van der Waals surface area (Å²) in [5.41, 5.74) is 0.363. The Balaban J connectivity index is 2.64. The lowest BCUT2D eigenvalue weighted by Crippen LogP contribution is -3.13. The lowest BCUT2D eigenvalue weighted by molar-refractivity contribution is -0.901. The van der Waals surface area contributed by atoms with Gasteiger partial charge in [0.2, 0.25) is 0 Å². The third-order valence-electron chi connectivity index (χ3n) is 3.51. The number of carbonyl (C=O) groups excluding carboxylic acids is 1. The van der Waals surface area contributed by atoms with E-state index in [1.807, 2.05) is 6.92 Å². The molecule has 0 aliphatic rings. The zero-order chi connectivity index (χ0) is 17.2. The van der Waals surface area contributed by atoms with Gasteiger partial charge in [0.1, 0.15) is 25.8 Å². The van der Waals surface area contributed by atoms with Gasteiger partial charge in [0.25, 0.3) is 0 Å². The highest BCUT2D eigenvalue weighted by atomic mass is 16.5. The molecule has 0 spiro atoms. The van der Waals surface area contributed by atoms with E-state index >= 15 is 0 Å². The van der Waals surface area contributed by atoms with Gasteiger partial charge < -0.3 is 29.3 Å². The molecule has 7 heteroatoms. The molecule has 1 rings (SSSR count). The summed E-state index contributed by atoms with van der Waals surface area (Å²) in [5.74, 6) is 0.385. The first-order chi connectivity index (χ1) is 11.0. The van der Waals surface area contributed by atoms with Crippen LogP contribution in [0.25, 0.3) is 0 Å². The van der Waals surface area contributed by atoms with E-state index in [0.717, 1.165) is 11.4 Å². The normalized spacial score (nSPS) is 13.3. The van der Waals surface area contributed by atoms with E-state index in [1.165, 1.54) is 20.3 Å². The third kappa shape index (κ3) is 6.05. The number of quaternary nitrogens is 1. The van der Waals surface area contributed by atoms with E-state index < -0.39 is 12.1 Å². The van der Waals surface area contributed by atoms with E-state index in [4.69, 9.17) is 14.6 Å². The maximum atomic E-state index is 11.5. The number of ether oxygens (including phenoxy) is 3. The fourth-order valence-corrected chi connectivity index (χ4v) is 2.19. The molecule has 130 valence electrons. The van der Waals surface area contributed by atoms with Crippen LogP contribution in [0.1, 0.15) is 17.3 Å². The fourth-order valence-electron chi connectivity index (χ4n) is 2.19. The summed E-state index contributed by atoms with van der Waals surface area (Å²) in [5, 5.41) is 19.0. The summed E-state index contributed by atoms with van der Waals surface area (Å²) in [4.78, 5) is 12.6. The quantitative estimate of drug-likeness (QED) is 0.483. The maximum Gasteiger partial charge on any atom is 0.337 e. The predicted octanol–water partition coefficient (Wildman–Crippen LogP) is -0.881. The molecule has 1 unspecified atom stereocenters. The van der Waals surface area contributed by atoms with Crippen molar-refractivity contribution in [3.8, 4) is 11.5 Å². The highest BCUT2D eigenvalue weighted by Gasteiger charge is 2.16. The first-order valence-corrected chi connectivity index (χ1v) is 7.57. The summed E-state index contributed by atoms with van der Waals surface area (Å²) >= 11 is 0. The Labute approximate surface area is 136 Å². The van der Waals surface area contributed by atoms with Gasteiger partial charge >= 0.3 is 5.97 Å². The van der Waals surface area contributed by atoms with Crippen molar-refractivity contribution in [1.82, 2.24) is 0 Å². The van der Waals surface area contributed by atoms with Crippen LogP contribution in [0.5, 0.6) is 11.5 Å². The average Bonchev–Trinajstić information content (AvgIpc) is 2.58. The number of likely N-dealkylation sites (N-methyl/N-ethyl adjacent to an activating group) is 1. The van der Waals surface area contributed by atoms with Crippen LogP contribution < -0.4 is 14.4 Å². The standard InChI is InChI=1S/C16H25NO6/c1-4-17(7-8-18)10-13(19)11-23-14-6-5-12(16(20)22-3)9-15(14)21-2/h5-6,9,13,18-19H,4,7-8,10-11H2,1-3H3/p+1/t13-/m0/s1. The summed E-state index contributed by atoms with van der Waals surface area (Å²) < 4.78 is 15.4. The minimum Gasteiger partial charge on any atom is -0.493 e. The van der Waals surface area contributed by atoms with Crippen molar-refractivity contribution in [2.45, 2.75) is 13.0 Å². The molecule has 0 aromatic heterocycles. The summed E-state index contributed by atoms with van der Waals surface area (Å²) in [6, 6.07) is 4.71. The van der Waals surface area contributed by atoms with Crippen LogP contribution in [0.15, 0.2) is 18.2 Å². The number of carbonyl (C=O) groups is 1. The van der Waals surface area contributed by atoms with Gasteiger partial charge in [0.05, 0.1) is 32.9 Å². The molecular weight excluding hydrogens is 302 g/mol. The van der Waals surface area contributed by atoms with Crippen LogP contribution in [-0.2, 0) is 4.74 Å². The van der Waals surface area contributed by atoms with E-state index in [0.29, 0.717) is 30.2 Å². The molecule has 1 aromatic carbocycles. The number of rotatable bonds is 10. The number of hydrogen-bond donors (Lipinski definition) is 3. The van der Waals surface area contributed by atoms with Gasteiger partial charge in [-0.25, -0.2) is 4.79 Å². The largest absolute Gasteiger partial charge is 0.493 e. The Kier molecular flexibility index (Phi) is 8.39. The van der Waals surface area contributed by atoms with Crippen molar-refractivity contribution in [1.29, 1.82) is 0 Å². The van der Waals surface area contributed by atoms with Crippen molar-refractivity contribution in [2.24, 2.45) is 0 Å². The smallest absolute Gasteiger partial charge is 0.337 e. The molecule has 0 saturated heterocycles. The molecular formula is C16H26NO6+. The minimum atomic E-state index is -0.665. The van der Waals surface area contributed by atoms with Gasteiger partial charge in [0, 0.05) is 0 Å².